The van der Waals surface area contributed by atoms with E-state index in [1.165, 1.54) is 28.8 Å². The van der Waals surface area contributed by atoms with Crippen LogP contribution in [0, 0.1) is 17.3 Å². The molecule has 1 saturated carbocycles. The SMILES string of the molecule is C[C@H](COCc1ccccc1)[C@H](C)[C@@]1(C)CCC[C@H](O[Si](c2ccccc2)(c2ccccc2)C(C)(C)C)C1. The van der Waals surface area contributed by atoms with Gasteiger partial charge >= 0.3 is 0 Å². The second kappa shape index (κ2) is 12.3. The predicted molar refractivity (Wildman–Crippen MR) is 163 cm³/mol. The minimum absolute atomic E-state index is 0.00768. The van der Waals surface area contributed by atoms with Crippen LogP contribution >= 0.6 is 0 Å². The van der Waals surface area contributed by atoms with Gasteiger partial charge in [-0.25, -0.2) is 0 Å². The Hall–Kier alpha value is -2.20. The second-order valence-electron chi connectivity index (χ2n) is 12.9. The third kappa shape index (κ3) is 6.33. The minimum atomic E-state index is -2.54. The second-order valence-corrected chi connectivity index (χ2v) is 17.2. The van der Waals surface area contributed by atoms with Crippen molar-refractivity contribution in [2.45, 2.75) is 85.0 Å². The van der Waals surface area contributed by atoms with E-state index in [4.69, 9.17) is 9.16 Å². The molecule has 4 atom stereocenters. The van der Waals surface area contributed by atoms with E-state index in [1.807, 2.05) is 0 Å². The van der Waals surface area contributed by atoms with Crippen molar-refractivity contribution in [2.75, 3.05) is 6.61 Å². The highest BCUT2D eigenvalue weighted by Gasteiger charge is 2.52. The fourth-order valence-corrected chi connectivity index (χ4v) is 11.4. The van der Waals surface area contributed by atoms with Crippen LogP contribution < -0.4 is 10.4 Å². The van der Waals surface area contributed by atoms with Gasteiger partial charge in [0.1, 0.15) is 0 Å². The first-order valence-electron chi connectivity index (χ1n) is 14.6. The third-order valence-corrected chi connectivity index (χ3v) is 14.3. The molecule has 0 unspecified atom stereocenters. The molecule has 3 heteroatoms. The van der Waals surface area contributed by atoms with E-state index in [1.54, 1.807) is 0 Å². The highest BCUT2D eigenvalue weighted by molar-refractivity contribution is 6.99. The molecule has 2 nitrogen and oxygen atoms in total. The molecule has 0 spiro atoms. The molecule has 1 aliphatic carbocycles. The standard InChI is InChI=1S/C35H48O2Si/c1-28(26-36-27-30-17-10-7-11-18-30)29(2)35(6)24-16-19-31(25-35)37-38(34(3,4)5,32-20-12-8-13-21-32)33-22-14-9-15-23-33/h7-15,17-18,20-23,28-29,31H,16,19,24-27H2,1-6H3/t28-,29+,31+,35+/m1/s1. The molecular weight excluding hydrogens is 480 g/mol. The Balaban J connectivity index is 1.53. The molecule has 0 radical (unpaired) electrons. The van der Waals surface area contributed by atoms with Gasteiger partial charge in [-0.3, -0.25) is 0 Å². The Morgan fingerprint density at radius 2 is 1.37 bits per heavy atom. The Morgan fingerprint density at radius 1 is 0.842 bits per heavy atom. The zero-order valence-corrected chi connectivity index (χ0v) is 25.5. The fraction of sp³-hybridized carbons (Fsp3) is 0.486. The van der Waals surface area contributed by atoms with Crippen LogP contribution in [0.4, 0.5) is 0 Å². The number of benzene rings is 3. The van der Waals surface area contributed by atoms with Gasteiger partial charge in [0, 0.05) is 12.7 Å². The smallest absolute Gasteiger partial charge is 0.261 e. The van der Waals surface area contributed by atoms with Crippen LogP contribution in [0.5, 0.6) is 0 Å². The molecular formula is C35H48O2Si. The van der Waals surface area contributed by atoms with E-state index in [0.717, 1.165) is 19.4 Å². The first-order valence-corrected chi connectivity index (χ1v) is 16.5. The van der Waals surface area contributed by atoms with Crippen molar-refractivity contribution < 1.29 is 9.16 Å². The van der Waals surface area contributed by atoms with Crippen molar-refractivity contribution in [2.24, 2.45) is 17.3 Å². The van der Waals surface area contributed by atoms with Crippen LogP contribution in [0.1, 0.15) is 72.8 Å². The summed E-state index contributed by atoms with van der Waals surface area (Å²) in [5, 5.41) is 2.76. The van der Waals surface area contributed by atoms with E-state index in [-0.39, 0.29) is 16.6 Å². The molecule has 38 heavy (non-hydrogen) atoms. The number of rotatable bonds is 10. The summed E-state index contributed by atoms with van der Waals surface area (Å²) < 4.78 is 13.8. The van der Waals surface area contributed by atoms with Crippen LogP contribution in [0.25, 0.3) is 0 Å². The van der Waals surface area contributed by atoms with Crippen LogP contribution in [-0.2, 0) is 15.8 Å². The summed E-state index contributed by atoms with van der Waals surface area (Å²) in [5.41, 5.74) is 1.49. The molecule has 1 aliphatic rings. The van der Waals surface area contributed by atoms with Gasteiger partial charge in [0.25, 0.3) is 8.32 Å². The molecule has 0 saturated heterocycles. The van der Waals surface area contributed by atoms with Crippen LogP contribution in [0.3, 0.4) is 0 Å². The maximum absolute atomic E-state index is 7.59. The zero-order valence-electron chi connectivity index (χ0n) is 24.5. The van der Waals surface area contributed by atoms with Gasteiger partial charge in [0.05, 0.1) is 6.61 Å². The summed E-state index contributed by atoms with van der Waals surface area (Å²) >= 11 is 0. The van der Waals surface area contributed by atoms with Gasteiger partial charge in [-0.2, -0.15) is 0 Å². The first-order chi connectivity index (χ1) is 18.2. The molecule has 3 aromatic carbocycles. The average Bonchev–Trinajstić information content (AvgIpc) is 2.92. The lowest BCUT2D eigenvalue weighted by molar-refractivity contribution is -0.00949. The topological polar surface area (TPSA) is 18.5 Å². The van der Waals surface area contributed by atoms with E-state index in [9.17, 15) is 0 Å². The first kappa shape index (κ1) is 28.8. The summed E-state index contributed by atoms with van der Waals surface area (Å²) in [7, 11) is -2.54. The lowest BCUT2D eigenvalue weighted by atomic mass is 9.63. The number of hydrogen-bond acceptors (Lipinski definition) is 2. The Labute approximate surface area is 232 Å². The van der Waals surface area contributed by atoms with Crippen LogP contribution in [0.15, 0.2) is 91.0 Å². The highest BCUT2D eigenvalue weighted by atomic mass is 28.4. The molecule has 0 amide bonds. The minimum Gasteiger partial charge on any atom is -0.404 e. The quantitative estimate of drug-likeness (QED) is 0.248. The van der Waals surface area contributed by atoms with Crippen molar-refractivity contribution in [3.63, 3.8) is 0 Å². The van der Waals surface area contributed by atoms with Gasteiger partial charge < -0.3 is 9.16 Å². The molecule has 0 aliphatic heterocycles. The van der Waals surface area contributed by atoms with Crippen molar-refractivity contribution in [1.82, 2.24) is 0 Å². The van der Waals surface area contributed by atoms with Crippen molar-refractivity contribution in [1.29, 1.82) is 0 Å². The monoisotopic (exact) mass is 528 g/mol. The van der Waals surface area contributed by atoms with Gasteiger partial charge in [-0.15, -0.1) is 0 Å². The summed E-state index contributed by atoms with van der Waals surface area (Å²) in [5.74, 6) is 1.05. The summed E-state index contributed by atoms with van der Waals surface area (Å²) in [4.78, 5) is 0. The molecule has 0 bridgehead atoms. The summed E-state index contributed by atoms with van der Waals surface area (Å²) in [6.07, 6.45) is 5.01. The van der Waals surface area contributed by atoms with Gasteiger partial charge in [-0.05, 0) is 57.5 Å². The lowest BCUT2D eigenvalue weighted by Gasteiger charge is -2.50. The normalized spacial score (nSPS) is 22.1. The maximum Gasteiger partial charge on any atom is 0.261 e. The van der Waals surface area contributed by atoms with E-state index in [2.05, 4.69) is 133 Å². The molecule has 0 heterocycles. The Morgan fingerprint density at radius 3 is 1.89 bits per heavy atom. The molecule has 0 aromatic heterocycles. The van der Waals surface area contributed by atoms with Gasteiger partial charge in [0.15, 0.2) is 0 Å². The Kier molecular flexibility index (Phi) is 9.34. The van der Waals surface area contributed by atoms with E-state index in [0.29, 0.717) is 18.4 Å². The predicted octanol–water partition coefficient (Wildman–Crippen LogP) is 8.00. The van der Waals surface area contributed by atoms with Gasteiger partial charge in [-0.1, -0.05) is 139 Å². The number of hydrogen-bond donors (Lipinski definition) is 0. The summed E-state index contributed by atoms with van der Waals surface area (Å²) in [6.45, 7) is 16.0. The Bertz CT molecular complexity index is 1070. The molecule has 0 N–H and O–H groups in total. The van der Waals surface area contributed by atoms with Gasteiger partial charge in [0.2, 0.25) is 0 Å². The highest BCUT2D eigenvalue weighted by Crippen LogP contribution is 2.48. The third-order valence-electron chi connectivity index (χ3n) is 9.17. The van der Waals surface area contributed by atoms with Crippen molar-refractivity contribution >= 4 is 18.7 Å². The largest absolute Gasteiger partial charge is 0.404 e. The van der Waals surface area contributed by atoms with E-state index < -0.39 is 8.32 Å². The molecule has 204 valence electrons. The van der Waals surface area contributed by atoms with E-state index >= 15 is 0 Å². The number of ether oxygens (including phenoxy) is 1. The molecule has 1 fully saturated rings. The molecule has 3 aromatic rings. The van der Waals surface area contributed by atoms with Crippen LogP contribution in [-0.4, -0.2) is 21.0 Å². The average molecular weight is 529 g/mol. The zero-order chi connectivity index (χ0) is 27.2. The van der Waals surface area contributed by atoms with Crippen LogP contribution in [0.2, 0.25) is 5.04 Å². The maximum atomic E-state index is 7.59. The molecule has 4 rings (SSSR count). The summed E-state index contributed by atoms with van der Waals surface area (Å²) in [6, 6.07) is 32.7. The van der Waals surface area contributed by atoms with Crippen molar-refractivity contribution in [3.05, 3.63) is 96.6 Å². The van der Waals surface area contributed by atoms with Crippen molar-refractivity contribution in [3.8, 4) is 0 Å². The lowest BCUT2D eigenvalue weighted by Crippen LogP contribution is -2.68. The fourth-order valence-electron chi connectivity index (χ4n) is 6.68.